The maximum atomic E-state index is 13.6. The van der Waals surface area contributed by atoms with Crippen molar-refractivity contribution in [2.45, 2.75) is 36.9 Å². The van der Waals surface area contributed by atoms with E-state index in [9.17, 15) is 21.6 Å². The molecule has 0 amide bonds. The lowest BCUT2D eigenvalue weighted by atomic mass is 10.1. The molecule has 3 aromatic heterocycles. The Morgan fingerprint density at radius 3 is 2.55 bits per heavy atom. The highest BCUT2D eigenvalue weighted by atomic mass is 32.2. The fourth-order valence-electron chi connectivity index (χ4n) is 3.65. The van der Waals surface area contributed by atoms with Gasteiger partial charge in [-0.25, -0.2) is 18.4 Å². The molecule has 0 saturated carbocycles. The van der Waals surface area contributed by atoms with Gasteiger partial charge in [0.05, 0.1) is 32.9 Å². The van der Waals surface area contributed by atoms with E-state index in [1.165, 1.54) is 11.4 Å². The summed E-state index contributed by atoms with van der Waals surface area (Å²) < 4.78 is 66.3. The highest BCUT2D eigenvalue weighted by Crippen LogP contribution is 2.39. The molecule has 1 aliphatic rings. The normalized spacial score (nSPS) is 16.3. The van der Waals surface area contributed by atoms with Gasteiger partial charge in [0.1, 0.15) is 5.56 Å². The number of hydrogen-bond donors (Lipinski definition) is 1. The lowest BCUT2D eigenvalue weighted by molar-refractivity contribution is -0.137. The minimum absolute atomic E-state index is 0.0293. The van der Waals surface area contributed by atoms with E-state index in [2.05, 4.69) is 32.3 Å². The SMILES string of the molecule is Cc1nn(C2CCN(C)CC2)cc1Nc1ncc(C(F)(F)F)c(-c2cc(S(C)(=O)=O)cs2)n1. The van der Waals surface area contributed by atoms with Crippen LogP contribution >= 0.6 is 11.3 Å². The lowest BCUT2D eigenvalue weighted by Crippen LogP contribution is -2.31. The van der Waals surface area contributed by atoms with E-state index < -0.39 is 21.6 Å². The highest BCUT2D eigenvalue weighted by molar-refractivity contribution is 7.90. The van der Waals surface area contributed by atoms with Gasteiger partial charge < -0.3 is 10.2 Å². The summed E-state index contributed by atoms with van der Waals surface area (Å²) >= 11 is 0.883. The molecule has 0 spiro atoms. The summed E-state index contributed by atoms with van der Waals surface area (Å²) in [6.45, 7) is 3.73. The van der Waals surface area contributed by atoms with Crippen LogP contribution < -0.4 is 5.32 Å². The molecule has 33 heavy (non-hydrogen) atoms. The Bertz CT molecular complexity index is 1260. The minimum Gasteiger partial charge on any atom is -0.321 e. The van der Waals surface area contributed by atoms with Crippen molar-refractivity contribution in [3.05, 3.63) is 35.1 Å². The standard InChI is InChI=1S/C20H23F3N6O2S2/c1-12-16(10-29(27-12)13-4-6-28(2)7-5-13)25-19-24-9-15(20(21,22)23)18(26-19)17-8-14(11-32-17)33(3,30)31/h8-11,13H,4-7H2,1-3H3,(H,24,25,26). The summed E-state index contributed by atoms with van der Waals surface area (Å²) in [6, 6.07) is 1.45. The predicted octanol–water partition coefficient (Wildman–Crippen LogP) is 4.14. The Morgan fingerprint density at radius 1 is 1.24 bits per heavy atom. The number of nitrogens with one attached hydrogen (secondary N) is 1. The Balaban J connectivity index is 1.66. The zero-order valence-corrected chi connectivity index (χ0v) is 19.9. The molecule has 4 rings (SSSR count). The van der Waals surface area contributed by atoms with Gasteiger partial charge in [-0.15, -0.1) is 11.3 Å². The second kappa shape index (κ2) is 8.69. The number of likely N-dealkylation sites (tertiary alicyclic amines) is 1. The largest absolute Gasteiger partial charge is 0.420 e. The number of piperidine rings is 1. The average Bonchev–Trinajstić information content (AvgIpc) is 3.35. The monoisotopic (exact) mass is 500 g/mol. The van der Waals surface area contributed by atoms with Gasteiger partial charge in [-0.2, -0.15) is 18.3 Å². The Hall–Kier alpha value is -2.51. The Labute approximate surface area is 193 Å². The Morgan fingerprint density at radius 2 is 1.94 bits per heavy atom. The van der Waals surface area contributed by atoms with Crippen molar-refractivity contribution in [3.63, 3.8) is 0 Å². The summed E-state index contributed by atoms with van der Waals surface area (Å²) in [5.74, 6) is -0.0293. The number of sulfone groups is 1. The Kier molecular flexibility index (Phi) is 6.22. The van der Waals surface area contributed by atoms with Crippen LogP contribution in [0.3, 0.4) is 0 Å². The van der Waals surface area contributed by atoms with Crippen molar-refractivity contribution < 1.29 is 21.6 Å². The first-order valence-corrected chi connectivity index (χ1v) is 12.9. The molecule has 0 aliphatic carbocycles. The molecule has 0 radical (unpaired) electrons. The van der Waals surface area contributed by atoms with Crippen LogP contribution in [0.5, 0.6) is 0 Å². The van der Waals surface area contributed by atoms with Crippen molar-refractivity contribution in [2.75, 3.05) is 31.7 Å². The fraction of sp³-hybridized carbons (Fsp3) is 0.450. The summed E-state index contributed by atoms with van der Waals surface area (Å²) in [7, 11) is -1.49. The molecule has 0 bridgehead atoms. The van der Waals surface area contributed by atoms with Gasteiger partial charge in [0.2, 0.25) is 5.95 Å². The van der Waals surface area contributed by atoms with E-state index in [1.54, 1.807) is 6.92 Å². The molecule has 1 N–H and O–H groups in total. The third kappa shape index (κ3) is 5.20. The maximum Gasteiger partial charge on any atom is 0.420 e. The molecule has 8 nitrogen and oxygen atoms in total. The van der Waals surface area contributed by atoms with Crippen molar-refractivity contribution in [1.82, 2.24) is 24.6 Å². The van der Waals surface area contributed by atoms with Crippen LogP contribution in [0, 0.1) is 6.92 Å². The summed E-state index contributed by atoms with van der Waals surface area (Å²) in [4.78, 5) is 10.2. The molecule has 4 heterocycles. The smallest absolute Gasteiger partial charge is 0.321 e. The highest BCUT2D eigenvalue weighted by Gasteiger charge is 2.36. The lowest BCUT2D eigenvalue weighted by Gasteiger charge is -2.28. The summed E-state index contributed by atoms with van der Waals surface area (Å²) in [5.41, 5.74) is -0.133. The number of aryl methyl sites for hydroxylation is 1. The molecule has 3 aromatic rings. The van der Waals surface area contributed by atoms with Gasteiger partial charge in [-0.1, -0.05) is 0 Å². The third-order valence-electron chi connectivity index (χ3n) is 5.56. The van der Waals surface area contributed by atoms with Gasteiger partial charge in [-0.05, 0) is 46.0 Å². The molecular formula is C20H23F3N6O2S2. The topological polar surface area (TPSA) is 93.0 Å². The van der Waals surface area contributed by atoms with E-state index >= 15 is 0 Å². The number of nitrogens with zero attached hydrogens (tertiary/aromatic N) is 5. The molecule has 1 aliphatic heterocycles. The molecule has 0 aromatic carbocycles. The van der Waals surface area contributed by atoms with E-state index in [0.717, 1.165) is 43.5 Å². The van der Waals surface area contributed by atoms with Crippen LogP contribution in [-0.4, -0.2) is 59.5 Å². The van der Waals surface area contributed by atoms with Crippen molar-refractivity contribution in [2.24, 2.45) is 0 Å². The van der Waals surface area contributed by atoms with E-state index in [0.29, 0.717) is 17.6 Å². The molecule has 1 saturated heterocycles. The zero-order valence-electron chi connectivity index (χ0n) is 18.2. The van der Waals surface area contributed by atoms with Crippen LogP contribution in [0.2, 0.25) is 0 Å². The fourth-order valence-corrected chi connectivity index (χ4v) is 5.67. The van der Waals surface area contributed by atoms with Crippen LogP contribution in [0.15, 0.2) is 28.7 Å². The molecule has 178 valence electrons. The van der Waals surface area contributed by atoms with Gasteiger partial charge in [0.25, 0.3) is 0 Å². The van der Waals surface area contributed by atoms with Crippen LogP contribution in [0.4, 0.5) is 24.8 Å². The molecular weight excluding hydrogens is 477 g/mol. The average molecular weight is 501 g/mol. The zero-order chi connectivity index (χ0) is 24.0. The molecule has 1 fully saturated rings. The van der Waals surface area contributed by atoms with E-state index in [4.69, 9.17) is 0 Å². The van der Waals surface area contributed by atoms with Gasteiger partial charge >= 0.3 is 6.18 Å². The van der Waals surface area contributed by atoms with E-state index in [1.807, 2.05) is 10.9 Å². The first-order valence-electron chi connectivity index (χ1n) is 10.2. The second-order valence-corrected chi connectivity index (χ2v) is 11.1. The predicted molar refractivity (Wildman–Crippen MR) is 119 cm³/mol. The minimum atomic E-state index is -4.70. The number of rotatable bonds is 5. The first-order chi connectivity index (χ1) is 15.4. The van der Waals surface area contributed by atoms with Crippen molar-refractivity contribution >= 4 is 32.8 Å². The van der Waals surface area contributed by atoms with Crippen molar-refractivity contribution in [1.29, 1.82) is 0 Å². The molecule has 0 atom stereocenters. The number of alkyl halides is 3. The third-order valence-corrected chi connectivity index (χ3v) is 7.73. The number of halogens is 3. The number of hydrogen-bond acceptors (Lipinski definition) is 8. The van der Waals surface area contributed by atoms with Gasteiger partial charge in [0.15, 0.2) is 9.84 Å². The van der Waals surface area contributed by atoms with E-state index in [-0.39, 0.29) is 27.5 Å². The van der Waals surface area contributed by atoms with Gasteiger partial charge in [-0.3, -0.25) is 4.68 Å². The van der Waals surface area contributed by atoms with Crippen molar-refractivity contribution in [3.8, 4) is 10.6 Å². The van der Waals surface area contributed by atoms with Crippen LogP contribution in [0.25, 0.3) is 10.6 Å². The first kappa shape index (κ1) is 23.6. The van der Waals surface area contributed by atoms with Gasteiger partial charge in [0, 0.05) is 24.0 Å². The van der Waals surface area contributed by atoms with Crippen LogP contribution in [-0.2, 0) is 16.0 Å². The van der Waals surface area contributed by atoms with Crippen LogP contribution in [0.1, 0.15) is 30.1 Å². The second-order valence-electron chi connectivity index (χ2n) is 8.14. The summed E-state index contributed by atoms with van der Waals surface area (Å²) in [5, 5.41) is 8.83. The quantitative estimate of drug-likeness (QED) is 0.563. The number of anilines is 2. The summed E-state index contributed by atoms with van der Waals surface area (Å²) in [6.07, 6.45) is 0.748. The maximum absolute atomic E-state index is 13.6. The number of aromatic nitrogens is 4. The molecule has 0 unspecified atom stereocenters. The number of thiophene rings is 1. The molecule has 13 heteroatoms.